The van der Waals surface area contributed by atoms with Crippen molar-refractivity contribution in [2.24, 2.45) is 0 Å². The number of allylic oxidation sites excluding steroid dienone is 2. The largest absolute Gasteiger partial charge is 0.494 e. The van der Waals surface area contributed by atoms with Crippen LogP contribution in [0.2, 0.25) is 0 Å². The van der Waals surface area contributed by atoms with E-state index in [1.807, 2.05) is 19.1 Å². The molecule has 0 bridgehead atoms. The van der Waals surface area contributed by atoms with Gasteiger partial charge in [-0.15, -0.1) is 0 Å². The Morgan fingerprint density at radius 1 is 1.00 bits per heavy atom. The third-order valence-electron chi connectivity index (χ3n) is 5.82. The van der Waals surface area contributed by atoms with Crippen LogP contribution in [0.1, 0.15) is 35.6 Å². The fourth-order valence-electron chi connectivity index (χ4n) is 4.04. The minimum absolute atomic E-state index is 0.0638. The summed E-state index contributed by atoms with van der Waals surface area (Å²) in [7, 11) is 0. The Hall–Kier alpha value is -4.33. The number of amides is 2. The standard InChI is InChI=1S/C29H25F3N2O3/c1-2-37-22-15-11-20(12-16-22)23(19-9-13-21(14-10-19)29(30,31)32)5-3-8-27(35)33-25-6-4-7-26-24(25)17-18-28(36)34-26/h3-16H,2,17-18H2,1H3,(H,33,35)(H,34,36). The Morgan fingerprint density at radius 2 is 1.68 bits per heavy atom. The van der Waals surface area contributed by atoms with Crippen LogP contribution in [-0.4, -0.2) is 18.4 Å². The first-order chi connectivity index (χ1) is 17.7. The second kappa shape index (κ2) is 11.2. The van der Waals surface area contributed by atoms with Gasteiger partial charge >= 0.3 is 6.18 Å². The maximum absolute atomic E-state index is 13.1. The highest BCUT2D eigenvalue weighted by Gasteiger charge is 2.30. The van der Waals surface area contributed by atoms with E-state index in [9.17, 15) is 22.8 Å². The van der Waals surface area contributed by atoms with E-state index in [0.29, 0.717) is 47.7 Å². The number of ether oxygens (including phenoxy) is 1. The molecule has 1 aliphatic rings. The van der Waals surface area contributed by atoms with Crippen molar-refractivity contribution >= 4 is 28.8 Å². The zero-order valence-electron chi connectivity index (χ0n) is 20.1. The minimum Gasteiger partial charge on any atom is -0.494 e. The van der Waals surface area contributed by atoms with Crippen molar-refractivity contribution in [3.05, 3.63) is 107 Å². The summed E-state index contributed by atoms with van der Waals surface area (Å²) in [6, 6.07) is 17.4. The maximum atomic E-state index is 13.1. The van der Waals surface area contributed by atoms with Gasteiger partial charge < -0.3 is 15.4 Å². The molecule has 37 heavy (non-hydrogen) atoms. The topological polar surface area (TPSA) is 67.4 Å². The van der Waals surface area contributed by atoms with E-state index in [4.69, 9.17) is 4.74 Å². The van der Waals surface area contributed by atoms with Crippen molar-refractivity contribution in [3.63, 3.8) is 0 Å². The van der Waals surface area contributed by atoms with Gasteiger partial charge in [0.1, 0.15) is 5.75 Å². The zero-order chi connectivity index (χ0) is 26.4. The van der Waals surface area contributed by atoms with Gasteiger partial charge in [-0.3, -0.25) is 9.59 Å². The second-order valence-corrected chi connectivity index (χ2v) is 8.34. The number of benzene rings is 3. The van der Waals surface area contributed by atoms with E-state index in [2.05, 4.69) is 10.6 Å². The summed E-state index contributed by atoms with van der Waals surface area (Å²) >= 11 is 0. The van der Waals surface area contributed by atoms with Gasteiger partial charge in [0.2, 0.25) is 11.8 Å². The average Bonchev–Trinajstić information content (AvgIpc) is 2.87. The number of alkyl halides is 3. The number of fused-ring (bicyclic) bond motifs is 1. The first-order valence-electron chi connectivity index (χ1n) is 11.8. The molecule has 2 amide bonds. The molecule has 0 unspecified atom stereocenters. The average molecular weight is 507 g/mol. The van der Waals surface area contributed by atoms with Crippen molar-refractivity contribution in [2.75, 3.05) is 17.2 Å². The van der Waals surface area contributed by atoms with Crippen LogP contribution in [-0.2, 0) is 22.2 Å². The highest BCUT2D eigenvalue weighted by Crippen LogP contribution is 2.32. The Labute approximate surface area is 212 Å². The lowest BCUT2D eigenvalue weighted by Crippen LogP contribution is -2.21. The number of carbonyl (C=O) groups excluding carboxylic acids is 2. The predicted octanol–water partition coefficient (Wildman–Crippen LogP) is 6.62. The molecule has 0 radical (unpaired) electrons. The Morgan fingerprint density at radius 3 is 2.32 bits per heavy atom. The summed E-state index contributed by atoms with van der Waals surface area (Å²) in [6.07, 6.45) is 1.01. The summed E-state index contributed by atoms with van der Waals surface area (Å²) in [6.45, 7) is 2.38. The highest BCUT2D eigenvalue weighted by atomic mass is 19.4. The molecule has 190 valence electrons. The van der Waals surface area contributed by atoms with Crippen LogP contribution >= 0.6 is 0 Å². The van der Waals surface area contributed by atoms with Crippen LogP contribution in [0.25, 0.3) is 5.57 Å². The fraction of sp³-hybridized carbons (Fsp3) is 0.172. The summed E-state index contributed by atoms with van der Waals surface area (Å²) in [4.78, 5) is 24.3. The highest BCUT2D eigenvalue weighted by molar-refractivity contribution is 6.02. The molecule has 1 heterocycles. The first kappa shape index (κ1) is 25.8. The van der Waals surface area contributed by atoms with Crippen molar-refractivity contribution in [2.45, 2.75) is 25.9 Å². The molecule has 0 atom stereocenters. The number of anilines is 2. The van der Waals surface area contributed by atoms with E-state index in [-0.39, 0.29) is 11.8 Å². The van der Waals surface area contributed by atoms with Gasteiger partial charge in [-0.05, 0) is 72.0 Å². The maximum Gasteiger partial charge on any atom is 0.416 e. The Bertz CT molecular complexity index is 1340. The molecule has 2 N–H and O–H groups in total. The van der Waals surface area contributed by atoms with Gasteiger partial charge in [0.25, 0.3) is 0 Å². The smallest absolute Gasteiger partial charge is 0.416 e. The number of carbonyl (C=O) groups is 2. The molecule has 8 heteroatoms. The van der Waals surface area contributed by atoms with Crippen molar-refractivity contribution < 1.29 is 27.5 Å². The summed E-state index contributed by atoms with van der Waals surface area (Å²) < 4.78 is 44.6. The zero-order valence-corrected chi connectivity index (χ0v) is 20.1. The van der Waals surface area contributed by atoms with Crippen LogP contribution in [0.4, 0.5) is 24.5 Å². The number of hydrogen-bond acceptors (Lipinski definition) is 3. The monoisotopic (exact) mass is 506 g/mol. The van der Waals surface area contributed by atoms with Gasteiger partial charge in [0.05, 0.1) is 12.2 Å². The molecule has 3 aromatic rings. The van der Waals surface area contributed by atoms with Gasteiger partial charge in [-0.2, -0.15) is 13.2 Å². The molecule has 5 nitrogen and oxygen atoms in total. The number of halogens is 3. The molecule has 3 aromatic carbocycles. The lowest BCUT2D eigenvalue weighted by molar-refractivity contribution is -0.137. The second-order valence-electron chi connectivity index (χ2n) is 8.34. The van der Waals surface area contributed by atoms with Gasteiger partial charge in [0.15, 0.2) is 0 Å². The molecule has 0 saturated heterocycles. The Balaban J connectivity index is 1.58. The normalized spacial score (nSPS) is 13.7. The quantitative estimate of drug-likeness (QED) is 0.280. The van der Waals surface area contributed by atoms with E-state index in [1.165, 1.54) is 18.2 Å². The number of nitrogens with one attached hydrogen (secondary N) is 2. The van der Waals surface area contributed by atoms with Crippen LogP contribution < -0.4 is 15.4 Å². The molecule has 0 spiro atoms. The minimum atomic E-state index is -4.43. The van der Waals surface area contributed by atoms with Crippen molar-refractivity contribution in [1.29, 1.82) is 0 Å². The van der Waals surface area contributed by atoms with Gasteiger partial charge in [-0.25, -0.2) is 0 Å². The molecular formula is C29H25F3N2O3. The van der Waals surface area contributed by atoms with Crippen LogP contribution in [0, 0.1) is 0 Å². The van der Waals surface area contributed by atoms with Crippen LogP contribution in [0.15, 0.2) is 85.0 Å². The lowest BCUT2D eigenvalue weighted by Gasteiger charge is -2.19. The molecular weight excluding hydrogens is 481 g/mol. The van der Waals surface area contributed by atoms with Gasteiger partial charge in [-0.1, -0.05) is 42.5 Å². The SMILES string of the molecule is CCOc1ccc(C(=CC=CC(=O)Nc2cccc3c2CCC(=O)N3)c2ccc(C(F)(F)F)cc2)cc1. The van der Waals surface area contributed by atoms with Crippen molar-refractivity contribution in [3.8, 4) is 5.75 Å². The summed E-state index contributed by atoms with van der Waals surface area (Å²) in [5.41, 5.74) is 3.37. The number of rotatable bonds is 7. The summed E-state index contributed by atoms with van der Waals surface area (Å²) in [5.74, 6) is 0.237. The van der Waals surface area contributed by atoms with Crippen LogP contribution in [0.5, 0.6) is 5.75 Å². The molecule has 0 aliphatic carbocycles. The fourth-order valence-corrected chi connectivity index (χ4v) is 4.04. The Kier molecular flexibility index (Phi) is 7.77. The molecule has 4 rings (SSSR count). The molecule has 0 aromatic heterocycles. The molecule has 0 saturated carbocycles. The van der Waals surface area contributed by atoms with E-state index in [1.54, 1.807) is 42.5 Å². The van der Waals surface area contributed by atoms with E-state index < -0.39 is 11.7 Å². The van der Waals surface area contributed by atoms with E-state index in [0.717, 1.165) is 23.3 Å². The van der Waals surface area contributed by atoms with Crippen molar-refractivity contribution in [1.82, 2.24) is 0 Å². The number of hydrogen-bond donors (Lipinski definition) is 2. The summed E-state index contributed by atoms with van der Waals surface area (Å²) in [5, 5.41) is 5.63. The first-order valence-corrected chi connectivity index (χ1v) is 11.8. The van der Waals surface area contributed by atoms with Crippen LogP contribution in [0.3, 0.4) is 0 Å². The third kappa shape index (κ3) is 6.46. The van der Waals surface area contributed by atoms with E-state index >= 15 is 0 Å². The molecule has 0 fully saturated rings. The molecule has 1 aliphatic heterocycles. The third-order valence-corrected chi connectivity index (χ3v) is 5.82. The predicted molar refractivity (Wildman–Crippen MR) is 137 cm³/mol. The lowest BCUT2D eigenvalue weighted by atomic mass is 9.96. The van der Waals surface area contributed by atoms with Gasteiger partial charge in [0, 0.05) is 23.9 Å².